The highest BCUT2D eigenvalue weighted by atomic mass is 16.4. The van der Waals surface area contributed by atoms with Gasteiger partial charge in [0.15, 0.2) is 0 Å². The van der Waals surface area contributed by atoms with Gasteiger partial charge in [0.05, 0.1) is 0 Å². The molecule has 0 radical (unpaired) electrons. The third-order valence-electron chi connectivity index (χ3n) is 4.05. The first-order valence-electron chi connectivity index (χ1n) is 7.36. The van der Waals surface area contributed by atoms with Crippen LogP contribution >= 0.6 is 0 Å². The molecule has 0 spiro atoms. The fourth-order valence-electron chi connectivity index (χ4n) is 2.79. The van der Waals surface area contributed by atoms with Crippen LogP contribution in [0.4, 0.5) is 0 Å². The number of amides is 1. The Morgan fingerprint density at radius 2 is 2.05 bits per heavy atom. The molecule has 21 heavy (non-hydrogen) atoms. The smallest absolute Gasteiger partial charge is 0.328 e. The van der Waals surface area contributed by atoms with E-state index in [1.807, 2.05) is 13.0 Å². The first-order valence-corrected chi connectivity index (χ1v) is 7.36. The molecular formula is C17H21NO3. The first kappa shape index (κ1) is 15.3. The summed E-state index contributed by atoms with van der Waals surface area (Å²) in [7, 11) is 0. The van der Waals surface area contributed by atoms with Gasteiger partial charge in [-0.25, -0.2) is 4.79 Å². The molecular weight excluding hydrogens is 266 g/mol. The van der Waals surface area contributed by atoms with Gasteiger partial charge in [0.2, 0.25) is 0 Å². The van der Waals surface area contributed by atoms with Crippen molar-refractivity contribution >= 4 is 18.0 Å². The summed E-state index contributed by atoms with van der Waals surface area (Å²) in [4.78, 5) is 22.8. The van der Waals surface area contributed by atoms with Crippen molar-refractivity contribution < 1.29 is 14.7 Å². The molecule has 112 valence electrons. The van der Waals surface area contributed by atoms with E-state index in [2.05, 4.69) is 5.32 Å². The normalized spacial score (nSPS) is 15.5. The van der Waals surface area contributed by atoms with Crippen LogP contribution in [-0.2, 0) is 4.79 Å². The van der Waals surface area contributed by atoms with E-state index in [1.165, 1.54) is 31.8 Å². The molecule has 4 nitrogen and oxygen atoms in total. The number of nitrogens with one attached hydrogen (secondary N) is 1. The van der Waals surface area contributed by atoms with Gasteiger partial charge in [-0.05, 0) is 49.0 Å². The highest BCUT2D eigenvalue weighted by Gasteiger charge is 2.17. The molecule has 0 saturated heterocycles. The maximum Gasteiger partial charge on any atom is 0.328 e. The molecule has 2 N–H and O–H groups in total. The van der Waals surface area contributed by atoms with Gasteiger partial charge in [0.25, 0.3) is 5.91 Å². The van der Waals surface area contributed by atoms with Crippen molar-refractivity contribution in [3.8, 4) is 0 Å². The van der Waals surface area contributed by atoms with Gasteiger partial charge >= 0.3 is 5.97 Å². The Bertz CT molecular complexity index is 557. The zero-order valence-electron chi connectivity index (χ0n) is 12.3. The molecule has 0 bridgehead atoms. The quantitative estimate of drug-likeness (QED) is 0.818. The third kappa shape index (κ3) is 4.18. The number of carbonyl (C=O) groups is 2. The zero-order chi connectivity index (χ0) is 15.2. The van der Waals surface area contributed by atoms with Crippen LogP contribution < -0.4 is 5.32 Å². The maximum atomic E-state index is 12.3. The van der Waals surface area contributed by atoms with Crippen molar-refractivity contribution in [2.75, 3.05) is 6.54 Å². The SMILES string of the molecule is Cc1c(C=CC(=O)O)cccc1C(=O)NCC1CCCC1. The molecule has 2 rings (SSSR count). The number of hydrogen-bond donors (Lipinski definition) is 2. The van der Waals surface area contributed by atoms with E-state index >= 15 is 0 Å². The average molecular weight is 287 g/mol. The van der Waals surface area contributed by atoms with Gasteiger partial charge in [-0.15, -0.1) is 0 Å². The van der Waals surface area contributed by atoms with Crippen molar-refractivity contribution in [1.29, 1.82) is 0 Å². The Balaban J connectivity index is 2.06. The molecule has 1 amide bonds. The minimum absolute atomic E-state index is 0.0787. The van der Waals surface area contributed by atoms with Crippen molar-refractivity contribution in [3.05, 3.63) is 41.0 Å². The Kier molecular flexibility index (Phi) is 5.14. The van der Waals surface area contributed by atoms with Crippen molar-refractivity contribution in [3.63, 3.8) is 0 Å². The molecule has 0 heterocycles. The van der Waals surface area contributed by atoms with E-state index in [9.17, 15) is 9.59 Å². The Labute approximate surface area is 124 Å². The summed E-state index contributed by atoms with van der Waals surface area (Å²) in [5.41, 5.74) is 2.17. The number of carbonyl (C=O) groups excluding carboxylic acids is 1. The van der Waals surface area contributed by atoms with Crippen LogP contribution in [0.5, 0.6) is 0 Å². The maximum absolute atomic E-state index is 12.3. The average Bonchev–Trinajstić information content (AvgIpc) is 2.97. The van der Waals surface area contributed by atoms with Crippen LogP contribution in [0, 0.1) is 12.8 Å². The topological polar surface area (TPSA) is 66.4 Å². The summed E-state index contributed by atoms with van der Waals surface area (Å²) >= 11 is 0. The Hall–Kier alpha value is -2.10. The third-order valence-corrected chi connectivity index (χ3v) is 4.05. The van der Waals surface area contributed by atoms with Gasteiger partial charge in [0, 0.05) is 18.2 Å². The van der Waals surface area contributed by atoms with Crippen molar-refractivity contribution in [2.24, 2.45) is 5.92 Å². The van der Waals surface area contributed by atoms with Crippen LogP contribution in [0.3, 0.4) is 0 Å². The summed E-state index contributed by atoms with van der Waals surface area (Å²) in [6.45, 7) is 2.57. The molecule has 0 atom stereocenters. The monoisotopic (exact) mass is 287 g/mol. The van der Waals surface area contributed by atoms with Gasteiger partial charge < -0.3 is 10.4 Å². The number of benzene rings is 1. The van der Waals surface area contributed by atoms with Crippen molar-refractivity contribution in [2.45, 2.75) is 32.6 Å². The van der Waals surface area contributed by atoms with Gasteiger partial charge in [-0.3, -0.25) is 4.79 Å². The van der Waals surface area contributed by atoms with Gasteiger partial charge in [-0.2, -0.15) is 0 Å². The molecule has 1 fully saturated rings. The number of carboxylic acid groups (broad SMARTS) is 1. The molecule has 1 aromatic rings. The highest BCUT2D eigenvalue weighted by molar-refractivity contribution is 5.97. The van der Waals surface area contributed by atoms with E-state index in [0.717, 1.165) is 23.7 Å². The van der Waals surface area contributed by atoms with Crippen LogP contribution in [0.25, 0.3) is 6.08 Å². The lowest BCUT2D eigenvalue weighted by atomic mass is 10.0. The number of hydrogen-bond acceptors (Lipinski definition) is 2. The highest BCUT2D eigenvalue weighted by Crippen LogP contribution is 2.24. The molecule has 1 saturated carbocycles. The fourth-order valence-corrected chi connectivity index (χ4v) is 2.79. The largest absolute Gasteiger partial charge is 0.478 e. The summed E-state index contributed by atoms with van der Waals surface area (Å²) in [5.74, 6) is -0.472. The second-order valence-corrected chi connectivity index (χ2v) is 5.55. The fraction of sp³-hybridized carbons (Fsp3) is 0.412. The Morgan fingerprint density at radius 3 is 2.71 bits per heavy atom. The van der Waals surface area contributed by atoms with Crippen molar-refractivity contribution in [1.82, 2.24) is 5.32 Å². The predicted molar refractivity (Wildman–Crippen MR) is 82.1 cm³/mol. The number of carboxylic acids is 1. The minimum atomic E-state index is -0.995. The van der Waals surface area contributed by atoms with E-state index < -0.39 is 5.97 Å². The zero-order valence-corrected chi connectivity index (χ0v) is 12.3. The van der Waals surface area contributed by atoms with Crippen LogP contribution in [0.15, 0.2) is 24.3 Å². The lowest BCUT2D eigenvalue weighted by molar-refractivity contribution is -0.131. The van der Waals surface area contributed by atoms with Crippen LogP contribution in [-0.4, -0.2) is 23.5 Å². The molecule has 0 aromatic heterocycles. The predicted octanol–water partition coefficient (Wildman–Crippen LogP) is 3.01. The Morgan fingerprint density at radius 1 is 1.33 bits per heavy atom. The molecule has 1 aliphatic rings. The van der Waals surface area contributed by atoms with E-state index in [-0.39, 0.29) is 5.91 Å². The summed E-state index contributed by atoms with van der Waals surface area (Å²) in [6.07, 6.45) is 7.51. The molecule has 0 unspecified atom stereocenters. The number of rotatable bonds is 5. The summed E-state index contributed by atoms with van der Waals surface area (Å²) < 4.78 is 0. The van der Waals surface area contributed by atoms with Gasteiger partial charge in [0.1, 0.15) is 0 Å². The second kappa shape index (κ2) is 7.07. The van der Waals surface area contributed by atoms with E-state index in [4.69, 9.17) is 5.11 Å². The minimum Gasteiger partial charge on any atom is -0.478 e. The van der Waals surface area contributed by atoms with E-state index in [1.54, 1.807) is 12.1 Å². The first-order chi connectivity index (χ1) is 10.1. The summed E-state index contributed by atoms with van der Waals surface area (Å²) in [6, 6.07) is 5.36. The van der Waals surface area contributed by atoms with Gasteiger partial charge in [-0.1, -0.05) is 25.0 Å². The molecule has 0 aliphatic heterocycles. The van der Waals surface area contributed by atoms with Crippen LogP contribution in [0.1, 0.15) is 47.2 Å². The molecule has 1 aliphatic carbocycles. The molecule has 1 aromatic carbocycles. The lowest BCUT2D eigenvalue weighted by Crippen LogP contribution is -2.29. The van der Waals surface area contributed by atoms with Crippen LogP contribution in [0.2, 0.25) is 0 Å². The lowest BCUT2D eigenvalue weighted by Gasteiger charge is -2.13. The summed E-state index contributed by atoms with van der Waals surface area (Å²) in [5, 5.41) is 11.7. The standard InChI is InChI=1S/C17H21NO3/c1-12-14(9-10-16(19)20)7-4-8-15(12)17(21)18-11-13-5-2-3-6-13/h4,7-10,13H,2-3,5-6,11H2,1H3,(H,18,21)(H,19,20). The molecule has 4 heteroatoms. The van der Waals surface area contributed by atoms with E-state index in [0.29, 0.717) is 11.5 Å². The number of aliphatic carboxylic acids is 1. The second-order valence-electron chi connectivity index (χ2n) is 5.55.